The molecule has 1 heterocycles. The van der Waals surface area contributed by atoms with E-state index in [0.717, 1.165) is 10.9 Å². The van der Waals surface area contributed by atoms with Crippen molar-refractivity contribution < 1.29 is 19.1 Å². The molecular weight excluding hydrogens is 248 g/mol. The van der Waals surface area contributed by atoms with Crippen molar-refractivity contribution in [2.45, 2.75) is 20.3 Å². The third kappa shape index (κ3) is 2.59. The molecule has 0 amide bonds. The highest BCUT2D eigenvalue weighted by atomic mass is 16.5. The maximum absolute atomic E-state index is 11.8. The maximum atomic E-state index is 11.8. The number of carbonyl (C=O) groups excluding carboxylic acids is 1. The van der Waals surface area contributed by atoms with Gasteiger partial charge in [0.25, 0.3) is 0 Å². The summed E-state index contributed by atoms with van der Waals surface area (Å²) in [6, 6.07) is 4.89. The Labute approximate surface area is 109 Å². The first-order chi connectivity index (χ1) is 9.02. The number of aliphatic carboxylic acids is 1. The van der Waals surface area contributed by atoms with Crippen molar-refractivity contribution in [3.63, 3.8) is 0 Å². The minimum Gasteiger partial charge on any atom is -0.546 e. The fraction of sp³-hybridized carbons (Fsp3) is 0.286. The van der Waals surface area contributed by atoms with Gasteiger partial charge in [-0.2, -0.15) is 0 Å². The first-order valence-electron chi connectivity index (χ1n) is 5.92. The highest BCUT2D eigenvalue weighted by Crippen LogP contribution is 2.24. The predicted octanol–water partition coefficient (Wildman–Crippen LogP) is 0.793. The monoisotopic (exact) mass is 261 g/mol. The summed E-state index contributed by atoms with van der Waals surface area (Å²) in [4.78, 5) is 22.1. The van der Waals surface area contributed by atoms with Crippen LogP contribution in [-0.2, 0) is 11.2 Å². The van der Waals surface area contributed by atoms with Gasteiger partial charge in [0.05, 0.1) is 5.97 Å². The molecule has 0 bridgehead atoms. The minimum atomic E-state index is -1.31. The van der Waals surface area contributed by atoms with E-state index in [0.29, 0.717) is 23.3 Å². The van der Waals surface area contributed by atoms with Gasteiger partial charge in [0, 0.05) is 17.0 Å². The lowest BCUT2D eigenvalue weighted by atomic mass is 10.0. The van der Waals surface area contributed by atoms with E-state index in [9.17, 15) is 14.7 Å². The fourth-order valence-corrected chi connectivity index (χ4v) is 2.02. The van der Waals surface area contributed by atoms with Gasteiger partial charge in [0.2, 0.25) is 0 Å². The van der Waals surface area contributed by atoms with Crippen molar-refractivity contribution in [3.05, 3.63) is 39.7 Å². The average molecular weight is 261 g/mol. The third-order valence-corrected chi connectivity index (χ3v) is 2.97. The number of fused-ring (bicyclic) bond motifs is 1. The molecule has 19 heavy (non-hydrogen) atoms. The van der Waals surface area contributed by atoms with Crippen LogP contribution in [0.1, 0.15) is 18.1 Å². The molecule has 0 aliphatic carbocycles. The minimum absolute atomic E-state index is 0.323. The van der Waals surface area contributed by atoms with Gasteiger partial charge < -0.3 is 19.1 Å². The van der Waals surface area contributed by atoms with Crippen LogP contribution in [0.5, 0.6) is 5.75 Å². The van der Waals surface area contributed by atoms with Crippen molar-refractivity contribution in [1.82, 2.24) is 0 Å². The summed E-state index contributed by atoms with van der Waals surface area (Å²) in [6.07, 6.45) is 0.604. The highest BCUT2D eigenvalue weighted by Gasteiger charge is 2.10. The predicted molar refractivity (Wildman–Crippen MR) is 67.1 cm³/mol. The normalized spacial score (nSPS) is 10.6. The Bertz CT molecular complexity index is 684. The zero-order chi connectivity index (χ0) is 14.0. The molecule has 0 fully saturated rings. The maximum Gasteiger partial charge on any atom is 0.339 e. The first kappa shape index (κ1) is 13.1. The molecule has 2 rings (SSSR count). The number of benzene rings is 1. The summed E-state index contributed by atoms with van der Waals surface area (Å²) >= 11 is 0. The van der Waals surface area contributed by atoms with E-state index in [1.165, 1.54) is 6.07 Å². The Hall–Kier alpha value is -2.30. The molecule has 100 valence electrons. The van der Waals surface area contributed by atoms with Gasteiger partial charge in [-0.05, 0) is 31.0 Å². The smallest absolute Gasteiger partial charge is 0.339 e. The van der Waals surface area contributed by atoms with E-state index < -0.39 is 12.6 Å². The number of hydrogen-bond acceptors (Lipinski definition) is 5. The van der Waals surface area contributed by atoms with Gasteiger partial charge in [0.15, 0.2) is 0 Å². The number of aryl methyl sites for hydroxylation is 1. The molecule has 5 heteroatoms. The Kier molecular flexibility index (Phi) is 3.55. The molecule has 0 saturated heterocycles. The van der Waals surface area contributed by atoms with E-state index in [1.807, 2.05) is 13.8 Å². The molecule has 1 aromatic carbocycles. The first-order valence-corrected chi connectivity index (χ1v) is 5.92. The van der Waals surface area contributed by atoms with Gasteiger partial charge >= 0.3 is 5.63 Å². The molecule has 2 aromatic rings. The lowest BCUT2D eigenvalue weighted by Crippen LogP contribution is -2.28. The fourth-order valence-electron chi connectivity index (χ4n) is 2.02. The Morgan fingerprint density at radius 2 is 2.16 bits per heavy atom. The summed E-state index contributed by atoms with van der Waals surface area (Å²) < 4.78 is 10.2. The van der Waals surface area contributed by atoms with Crippen molar-refractivity contribution in [3.8, 4) is 5.75 Å². The van der Waals surface area contributed by atoms with Crippen molar-refractivity contribution in [2.75, 3.05) is 6.61 Å². The average Bonchev–Trinajstić information content (AvgIpc) is 2.36. The number of carboxylic acid groups (broad SMARTS) is 1. The van der Waals surface area contributed by atoms with Crippen LogP contribution in [0.15, 0.2) is 27.4 Å². The van der Waals surface area contributed by atoms with E-state index in [-0.39, 0.29) is 5.63 Å². The number of hydrogen-bond donors (Lipinski definition) is 0. The summed E-state index contributed by atoms with van der Waals surface area (Å²) in [6.45, 7) is 3.21. The van der Waals surface area contributed by atoms with Crippen LogP contribution in [-0.4, -0.2) is 12.6 Å². The SMILES string of the molecule is CCc1c(C)c2ccc(OCC(=O)[O-])cc2oc1=O. The molecule has 5 nitrogen and oxygen atoms in total. The quantitative estimate of drug-likeness (QED) is 0.760. The standard InChI is InChI=1S/C14H14O5/c1-3-10-8(2)11-5-4-9(18-7-13(15)16)6-12(11)19-14(10)17/h4-6H,3,7H2,1-2H3,(H,15,16)/p-1. The molecule has 0 aliphatic rings. The molecule has 0 spiro atoms. The van der Waals surface area contributed by atoms with Crippen LogP contribution in [0.3, 0.4) is 0 Å². The molecule has 0 N–H and O–H groups in total. The number of carbonyl (C=O) groups is 1. The van der Waals surface area contributed by atoms with E-state index >= 15 is 0 Å². The largest absolute Gasteiger partial charge is 0.546 e. The van der Waals surface area contributed by atoms with Gasteiger partial charge in [-0.1, -0.05) is 6.92 Å². The molecule has 0 atom stereocenters. The van der Waals surface area contributed by atoms with Crippen molar-refractivity contribution in [1.29, 1.82) is 0 Å². The molecule has 0 saturated carbocycles. The molecule has 0 radical (unpaired) electrons. The van der Waals surface area contributed by atoms with E-state index in [4.69, 9.17) is 9.15 Å². The number of carboxylic acids is 1. The van der Waals surface area contributed by atoms with E-state index in [2.05, 4.69) is 0 Å². The van der Waals surface area contributed by atoms with Crippen molar-refractivity contribution in [2.24, 2.45) is 0 Å². The highest BCUT2D eigenvalue weighted by molar-refractivity contribution is 5.82. The summed E-state index contributed by atoms with van der Waals surface area (Å²) in [5.41, 5.74) is 1.54. The van der Waals surface area contributed by atoms with Gasteiger partial charge in [-0.15, -0.1) is 0 Å². The topological polar surface area (TPSA) is 79.6 Å². The van der Waals surface area contributed by atoms with Gasteiger partial charge in [0.1, 0.15) is 17.9 Å². The van der Waals surface area contributed by atoms with Crippen molar-refractivity contribution >= 4 is 16.9 Å². The van der Waals surface area contributed by atoms with Crippen LogP contribution in [0.25, 0.3) is 11.0 Å². The Morgan fingerprint density at radius 1 is 1.42 bits per heavy atom. The van der Waals surface area contributed by atoms with Crippen LogP contribution >= 0.6 is 0 Å². The third-order valence-electron chi connectivity index (χ3n) is 2.97. The van der Waals surface area contributed by atoms with E-state index in [1.54, 1.807) is 12.1 Å². The van der Waals surface area contributed by atoms with Crippen LogP contribution in [0, 0.1) is 6.92 Å². The lowest BCUT2D eigenvalue weighted by molar-refractivity contribution is -0.307. The summed E-state index contributed by atoms with van der Waals surface area (Å²) in [7, 11) is 0. The Balaban J connectivity index is 2.50. The van der Waals surface area contributed by atoms with Gasteiger partial charge in [-0.25, -0.2) is 4.79 Å². The number of ether oxygens (including phenoxy) is 1. The van der Waals surface area contributed by atoms with Crippen LogP contribution in [0.2, 0.25) is 0 Å². The molecule has 0 unspecified atom stereocenters. The lowest BCUT2D eigenvalue weighted by Gasteiger charge is -2.09. The summed E-state index contributed by atoms with van der Waals surface area (Å²) in [5, 5.41) is 11.1. The van der Waals surface area contributed by atoms with Gasteiger partial charge in [-0.3, -0.25) is 0 Å². The zero-order valence-electron chi connectivity index (χ0n) is 10.7. The molecular formula is C14H13O5-. The second-order valence-corrected chi connectivity index (χ2v) is 4.17. The van der Waals surface area contributed by atoms with Crippen LogP contribution in [0.4, 0.5) is 0 Å². The Morgan fingerprint density at radius 3 is 2.79 bits per heavy atom. The second kappa shape index (κ2) is 5.14. The molecule has 0 aliphatic heterocycles. The zero-order valence-corrected chi connectivity index (χ0v) is 10.7. The molecule has 1 aromatic heterocycles. The second-order valence-electron chi connectivity index (χ2n) is 4.17. The number of rotatable bonds is 4. The van der Waals surface area contributed by atoms with Crippen LogP contribution < -0.4 is 15.5 Å². The summed E-state index contributed by atoms with van der Waals surface area (Å²) in [5.74, 6) is -0.984.